The number of hydrogen-bond acceptors (Lipinski definition) is 1. The quantitative estimate of drug-likeness (QED) is 0.891. The van der Waals surface area contributed by atoms with Crippen molar-refractivity contribution >= 4 is 11.6 Å². The van der Waals surface area contributed by atoms with Gasteiger partial charge in [-0.25, -0.2) is 4.39 Å². The van der Waals surface area contributed by atoms with Crippen LogP contribution in [0.4, 0.5) is 4.39 Å². The Morgan fingerprint density at radius 3 is 2.50 bits per heavy atom. The van der Waals surface area contributed by atoms with E-state index in [1.54, 1.807) is 6.92 Å². The third kappa shape index (κ3) is 2.89. The van der Waals surface area contributed by atoms with Gasteiger partial charge < -0.3 is 5.11 Å². The van der Waals surface area contributed by atoms with Crippen LogP contribution in [0.25, 0.3) is 0 Å². The molecule has 0 radical (unpaired) electrons. The van der Waals surface area contributed by atoms with Crippen LogP contribution in [0.3, 0.4) is 0 Å². The second-order valence-corrected chi connectivity index (χ2v) is 4.96. The smallest absolute Gasteiger partial charge is 0.123 e. The van der Waals surface area contributed by atoms with Crippen molar-refractivity contribution in [3.05, 3.63) is 70.5 Å². The van der Waals surface area contributed by atoms with Gasteiger partial charge in [-0.05, 0) is 36.2 Å². The van der Waals surface area contributed by atoms with Gasteiger partial charge in [-0.3, -0.25) is 0 Å². The van der Waals surface area contributed by atoms with E-state index < -0.39 is 5.60 Å². The first-order valence-corrected chi connectivity index (χ1v) is 6.09. The predicted octanol–water partition coefficient (Wildman–Crippen LogP) is 3.93. The molecular formula is C15H14ClFO. The molecule has 18 heavy (non-hydrogen) atoms. The van der Waals surface area contributed by atoms with E-state index in [4.69, 9.17) is 11.6 Å². The van der Waals surface area contributed by atoms with E-state index in [1.165, 1.54) is 18.2 Å². The van der Waals surface area contributed by atoms with Gasteiger partial charge in [0.2, 0.25) is 0 Å². The second-order valence-electron chi connectivity index (χ2n) is 4.55. The Morgan fingerprint density at radius 1 is 1.17 bits per heavy atom. The summed E-state index contributed by atoms with van der Waals surface area (Å²) in [4.78, 5) is 0. The SMILES string of the molecule is CC(O)(Cc1cc(F)ccc1Cl)c1ccccc1. The van der Waals surface area contributed by atoms with Gasteiger partial charge in [0.1, 0.15) is 5.82 Å². The van der Waals surface area contributed by atoms with Crippen LogP contribution in [0.15, 0.2) is 48.5 Å². The van der Waals surface area contributed by atoms with E-state index in [0.717, 1.165) is 5.56 Å². The van der Waals surface area contributed by atoms with Crippen LogP contribution in [0.1, 0.15) is 18.1 Å². The zero-order chi connectivity index (χ0) is 13.2. The highest BCUT2D eigenvalue weighted by atomic mass is 35.5. The molecule has 3 heteroatoms. The van der Waals surface area contributed by atoms with Gasteiger partial charge in [-0.2, -0.15) is 0 Å². The van der Waals surface area contributed by atoms with Crippen LogP contribution >= 0.6 is 11.6 Å². The Balaban J connectivity index is 2.30. The van der Waals surface area contributed by atoms with Gasteiger partial charge in [0.05, 0.1) is 5.60 Å². The second kappa shape index (κ2) is 5.09. The first-order chi connectivity index (χ1) is 8.49. The molecule has 0 spiro atoms. The molecule has 1 unspecified atom stereocenters. The van der Waals surface area contributed by atoms with Crippen LogP contribution in [-0.4, -0.2) is 5.11 Å². The maximum Gasteiger partial charge on any atom is 0.123 e. The van der Waals surface area contributed by atoms with Crippen LogP contribution in [-0.2, 0) is 12.0 Å². The number of aliphatic hydroxyl groups is 1. The number of halogens is 2. The van der Waals surface area contributed by atoms with Gasteiger partial charge in [-0.1, -0.05) is 41.9 Å². The first-order valence-electron chi connectivity index (χ1n) is 5.71. The van der Waals surface area contributed by atoms with Gasteiger partial charge in [-0.15, -0.1) is 0 Å². The highest BCUT2D eigenvalue weighted by Gasteiger charge is 2.24. The Hall–Kier alpha value is -1.38. The van der Waals surface area contributed by atoms with Gasteiger partial charge >= 0.3 is 0 Å². The summed E-state index contributed by atoms with van der Waals surface area (Å²) in [5.41, 5.74) is 0.314. The summed E-state index contributed by atoms with van der Waals surface area (Å²) in [5, 5.41) is 10.9. The molecule has 1 nitrogen and oxygen atoms in total. The molecule has 2 rings (SSSR count). The van der Waals surface area contributed by atoms with Crippen molar-refractivity contribution in [3.8, 4) is 0 Å². The third-order valence-electron chi connectivity index (χ3n) is 2.94. The van der Waals surface area contributed by atoms with Crippen molar-refractivity contribution in [2.24, 2.45) is 0 Å². The molecule has 0 heterocycles. The molecule has 0 aliphatic rings. The first kappa shape index (κ1) is 13.1. The Bertz CT molecular complexity index is 537. The van der Waals surface area contributed by atoms with Gasteiger partial charge in [0.15, 0.2) is 0 Å². The van der Waals surface area contributed by atoms with Crippen molar-refractivity contribution in [2.75, 3.05) is 0 Å². The molecule has 2 aromatic carbocycles. The minimum Gasteiger partial charge on any atom is -0.385 e. The monoisotopic (exact) mass is 264 g/mol. The standard InChI is InChI=1S/C15H14ClFO/c1-15(18,12-5-3-2-4-6-12)10-11-9-13(17)7-8-14(11)16/h2-9,18H,10H2,1H3. The molecule has 0 aliphatic heterocycles. The topological polar surface area (TPSA) is 20.2 Å². The molecule has 0 saturated heterocycles. The highest BCUT2D eigenvalue weighted by Crippen LogP contribution is 2.28. The average Bonchev–Trinajstić information content (AvgIpc) is 2.35. The van der Waals surface area contributed by atoms with Crippen molar-refractivity contribution in [1.82, 2.24) is 0 Å². The molecule has 2 aromatic rings. The third-order valence-corrected chi connectivity index (χ3v) is 3.31. The number of rotatable bonds is 3. The molecule has 0 bridgehead atoms. The number of benzene rings is 2. The molecule has 1 N–H and O–H groups in total. The van der Waals surface area contributed by atoms with E-state index in [-0.39, 0.29) is 12.2 Å². The van der Waals surface area contributed by atoms with Crippen LogP contribution in [0, 0.1) is 5.82 Å². The maximum atomic E-state index is 13.2. The fourth-order valence-corrected chi connectivity index (χ4v) is 2.13. The minimum atomic E-state index is -1.07. The molecule has 0 aromatic heterocycles. The van der Waals surface area contributed by atoms with Crippen molar-refractivity contribution in [3.63, 3.8) is 0 Å². The normalized spacial score (nSPS) is 14.2. The summed E-state index contributed by atoms with van der Waals surface area (Å²) >= 11 is 6.01. The van der Waals surface area contributed by atoms with E-state index in [9.17, 15) is 9.50 Å². The minimum absolute atomic E-state index is 0.271. The molecular weight excluding hydrogens is 251 g/mol. The maximum absolute atomic E-state index is 13.2. The molecule has 0 amide bonds. The lowest BCUT2D eigenvalue weighted by molar-refractivity contribution is 0.0576. The Morgan fingerprint density at radius 2 is 1.83 bits per heavy atom. The predicted molar refractivity (Wildman–Crippen MR) is 71.1 cm³/mol. The van der Waals surface area contributed by atoms with E-state index in [2.05, 4.69) is 0 Å². The molecule has 0 saturated carbocycles. The highest BCUT2D eigenvalue weighted by molar-refractivity contribution is 6.31. The summed E-state index contributed by atoms with van der Waals surface area (Å²) < 4.78 is 13.2. The van der Waals surface area contributed by atoms with Crippen molar-refractivity contribution in [1.29, 1.82) is 0 Å². The van der Waals surface area contributed by atoms with E-state index in [0.29, 0.717) is 10.6 Å². The lowest BCUT2D eigenvalue weighted by atomic mass is 9.89. The lowest BCUT2D eigenvalue weighted by Crippen LogP contribution is -2.24. The summed E-state index contributed by atoms with van der Waals surface area (Å²) in [6, 6.07) is 13.5. The summed E-state index contributed by atoms with van der Waals surface area (Å²) in [6.07, 6.45) is 0.271. The molecule has 94 valence electrons. The van der Waals surface area contributed by atoms with Crippen molar-refractivity contribution in [2.45, 2.75) is 18.9 Å². The van der Waals surface area contributed by atoms with Gasteiger partial charge in [0, 0.05) is 11.4 Å². The number of hydrogen-bond donors (Lipinski definition) is 1. The fraction of sp³-hybridized carbons (Fsp3) is 0.200. The zero-order valence-corrected chi connectivity index (χ0v) is 10.8. The van der Waals surface area contributed by atoms with Crippen molar-refractivity contribution < 1.29 is 9.50 Å². The van der Waals surface area contributed by atoms with E-state index >= 15 is 0 Å². The molecule has 0 fully saturated rings. The van der Waals surface area contributed by atoms with Crippen LogP contribution in [0.5, 0.6) is 0 Å². The summed E-state index contributed by atoms with van der Waals surface area (Å²) in [7, 11) is 0. The molecule has 0 aliphatic carbocycles. The average molecular weight is 265 g/mol. The van der Waals surface area contributed by atoms with E-state index in [1.807, 2.05) is 30.3 Å². The fourth-order valence-electron chi connectivity index (χ4n) is 1.95. The molecule has 1 atom stereocenters. The Labute approximate surface area is 111 Å². The van der Waals surface area contributed by atoms with Crippen LogP contribution < -0.4 is 0 Å². The zero-order valence-electron chi connectivity index (χ0n) is 10.0. The van der Waals surface area contributed by atoms with Crippen LogP contribution in [0.2, 0.25) is 5.02 Å². The van der Waals surface area contributed by atoms with Gasteiger partial charge in [0.25, 0.3) is 0 Å². The summed E-state index contributed by atoms with van der Waals surface area (Å²) in [6.45, 7) is 1.70. The largest absolute Gasteiger partial charge is 0.385 e. The Kier molecular flexibility index (Phi) is 3.69. The summed E-state index contributed by atoms with van der Waals surface area (Å²) in [5.74, 6) is -0.349. The lowest BCUT2D eigenvalue weighted by Gasteiger charge is -2.24.